The maximum atomic E-state index is 9.71. The fourth-order valence-electron chi connectivity index (χ4n) is 2.20. The van der Waals surface area contributed by atoms with Gasteiger partial charge in [0.25, 0.3) is 0 Å². The van der Waals surface area contributed by atoms with Gasteiger partial charge in [-0.15, -0.1) is 0 Å². The molecule has 0 radical (unpaired) electrons. The molecule has 0 saturated heterocycles. The van der Waals surface area contributed by atoms with Gasteiger partial charge in [-0.2, -0.15) is 0 Å². The number of nitrogens with one attached hydrogen (secondary N) is 1. The van der Waals surface area contributed by atoms with Crippen LogP contribution in [0, 0.1) is 0 Å². The standard InChI is InChI=1S/C15H14ClN3O2/c1-21-19-9-17-15(13-8-12(20)6-7-14(13)19)18-11-4-2-10(16)3-5-11/h2-9,15,18,20H,1H3. The Morgan fingerprint density at radius 1 is 1.24 bits per heavy atom. The normalized spacial score (nSPS) is 16.7. The highest BCUT2D eigenvalue weighted by molar-refractivity contribution is 6.30. The molecule has 1 unspecified atom stereocenters. The van der Waals surface area contributed by atoms with Crippen molar-refractivity contribution in [2.45, 2.75) is 6.17 Å². The molecular weight excluding hydrogens is 290 g/mol. The number of phenols is 1. The molecule has 0 aliphatic carbocycles. The van der Waals surface area contributed by atoms with E-state index in [1.54, 1.807) is 48.8 Å². The predicted octanol–water partition coefficient (Wildman–Crippen LogP) is 3.57. The smallest absolute Gasteiger partial charge is 0.148 e. The van der Waals surface area contributed by atoms with Gasteiger partial charge in [-0.1, -0.05) is 11.6 Å². The maximum absolute atomic E-state index is 9.71. The number of aliphatic imine (C=N–C) groups is 1. The second kappa shape index (κ2) is 5.63. The highest BCUT2D eigenvalue weighted by atomic mass is 35.5. The van der Waals surface area contributed by atoms with Gasteiger partial charge in [0, 0.05) is 16.3 Å². The number of rotatable bonds is 3. The summed E-state index contributed by atoms with van der Waals surface area (Å²) in [5, 5.41) is 15.2. The summed E-state index contributed by atoms with van der Waals surface area (Å²) in [7, 11) is 1.57. The number of aromatic hydroxyl groups is 1. The van der Waals surface area contributed by atoms with Crippen LogP contribution in [0.2, 0.25) is 5.02 Å². The van der Waals surface area contributed by atoms with Gasteiger partial charge in [-0.05, 0) is 42.5 Å². The number of benzene rings is 2. The molecule has 0 aromatic heterocycles. The fourth-order valence-corrected chi connectivity index (χ4v) is 2.32. The van der Waals surface area contributed by atoms with Crippen LogP contribution >= 0.6 is 11.6 Å². The number of hydrogen-bond acceptors (Lipinski definition) is 5. The average Bonchev–Trinajstić information content (AvgIpc) is 2.50. The van der Waals surface area contributed by atoms with E-state index in [-0.39, 0.29) is 11.9 Å². The van der Waals surface area contributed by atoms with Crippen LogP contribution in [0.4, 0.5) is 11.4 Å². The molecule has 0 bridgehead atoms. The molecule has 5 nitrogen and oxygen atoms in total. The second-order valence-electron chi connectivity index (χ2n) is 4.57. The third-order valence-electron chi connectivity index (χ3n) is 3.21. The van der Waals surface area contributed by atoms with Crippen LogP contribution in [0.25, 0.3) is 0 Å². The van der Waals surface area contributed by atoms with E-state index in [4.69, 9.17) is 16.4 Å². The Bertz CT molecular complexity index is 673. The van der Waals surface area contributed by atoms with Crippen LogP contribution in [0.5, 0.6) is 5.75 Å². The zero-order valence-corrected chi connectivity index (χ0v) is 12.1. The van der Waals surface area contributed by atoms with Gasteiger partial charge in [-0.25, -0.2) is 10.1 Å². The number of fused-ring (bicyclic) bond motifs is 1. The number of halogens is 1. The molecule has 21 heavy (non-hydrogen) atoms. The van der Waals surface area contributed by atoms with Gasteiger partial charge in [-0.3, -0.25) is 4.84 Å². The number of anilines is 2. The van der Waals surface area contributed by atoms with Crippen molar-refractivity contribution in [1.29, 1.82) is 0 Å². The van der Waals surface area contributed by atoms with E-state index in [1.165, 1.54) is 0 Å². The summed E-state index contributed by atoms with van der Waals surface area (Å²) in [6.45, 7) is 0. The van der Waals surface area contributed by atoms with Gasteiger partial charge < -0.3 is 10.4 Å². The van der Waals surface area contributed by atoms with E-state index < -0.39 is 0 Å². The highest BCUT2D eigenvalue weighted by Crippen LogP contribution is 2.35. The molecule has 0 amide bonds. The summed E-state index contributed by atoms with van der Waals surface area (Å²) >= 11 is 5.88. The molecule has 1 atom stereocenters. The number of nitrogens with zero attached hydrogens (tertiary/aromatic N) is 2. The Hall–Kier alpha value is -2.24. The van der Waals surface area contributed by atoms with Crippen LogP contribution in [0.3, 0.4) is 0 Å². The van der Waals surface area contributed by atoms with Gasteiger partial charge in [0.2, 0.25) is 0 Å². The lowest BCUT2D eigenvalue weighted by molar-refractivity contribution is 0.211. The van der Waals surface area contributed by atoms with Crippen LogP contribution in [-0.4, -0.2) is 18.6 Å². The minimum Gasteiger partial charge on any atom is -0.508 e. The predicted molar refractivity (Wildman–Crippen MR) is 83.9 cm³/mol. The first-order chi connectivity index (χ1) is 10.2. The molecule has 2 aromatic rings. The highest BCUT2D eigenvalue weighted by Gasteiger charge is 2.22. The van der Waals surface area contributed by atoms with Crippen molar-refractivity contribution in [3.63, 3.8) is 0 Å². The van der Waals surface area contributed by atoms with Gasteiger partial charge in [0.15, 0.2) is 0 Å². The number of hydrogen-bond donors (Lipinski definition) is 2. The summed E-state index contributed by atoms with van der Waals surface area (Å²) in [5.74, 6) is 0.185. The molecule has 0 spiro atoms. The van der Waals surface area contributed by atoms with Crippen molar-refractivity contribution in [2.75, 3.05) is 17.5 Å². The SMILES string of the molecule is CON1C=NC(Nc2ccc(Cl)cc2)c2cc(O)ccc21. The van der Waals surface area contributed by atoms with E-state index in [2.05, 4.69) is 10.3 Å². The average molecular weight is 304 g/mol. The third kappa shape index (κ3) is 2.79. The summed E-state index contributed by atoms with van der Waals surface area (Å²) in [6, 6.07) is 12.4. The molecule has 1 heterocycles. The first kappa shape index (κ1) is 13.7. The number of hydroxylamine groups is 1. The van der Waals surface area contributed by atoms with Crippen molar-refractivity contribution in [3.05, 3.63) is 53.1 Å². The fraction of sp³-hybridized carbons (Fsp3) is 0.133. The topological polar surface area (TPSA) is 57.1 Å². The van der Waals surface area contributed by atoms with Gasteiger partial charge in [0.05, 0.1) is 12.8 Å². The van der Waals surface area contributed by atoms with Crippen LogP contribution < -0.4 is 10.4 Å². The van der Waals surface area contributed by atoms with Crippen LogP contribution in [0.15, 0.2) is 47.5 Å². The molecule has 3 rings (SSSR count). The Morgan fingerprint density at radius 3 is 2.71 bits per heavy atom. The second-order valence-corrected chi connectivity index (χ2v) is 5.01. The zero-order chi connectivity index (χ0) is 14.8. The van der Waals surface area contributed by atoms with E-state index >= 15 is 0 Å². The minimum atomic E-state index is -0.306. The molecule has 2 N–H and O–H groups in total. The largest absolute Gasteiger partial charge is 0.508 e. The van der Waals surface area contributed by atoms with E-state index in [0.29, 0.717) is 5.02 Å². The lowest BCUT2D eigenvalue weighted by atomic mass is 10.1. The molecule has 1 aliphatic heterocycles. The lowest BCUT2D eigenvalue weighted by Gasteiger charge is -2.28. The Labute approximate surface area is 127 Å². The van der Waals surface area contributed by atoms with Crippen LogP contribution in [-0.2, 0) is 4.84 Å². The van der Waals surface area contributed by atoms with Crippen molar-refractivity contribution in [1.82, 2.24) is 0 Å². The summed E-state index contributed by atoms with van der Waals surface area (Å²) in [4.78, 5) is 9.63. The van der Waals surface area contributed by atoms with Gasteiger partial charge >= 0.3 is 0 Å². The zero-order valence-electron chi connectivity index (χ0n) is 11.3. The maximum Gasteiger partial charge on any atom is 0.148 e. The van der Waals surface area contributed by atoms with E-state index in [1.807, 2.05) is 12.1 Å². The van der Waals surface area contributed by atoms with E-state index in [9.17, 15) is 5.11 Å². The van der Waals surface area contributed by atoms with Crippen molar-refractivity contribution in [3.8, 4) is 5.75 Å². The van der Waals surface area contributed by atoms with Crippen LogP contribution in [0.1, 0.15) is 11.7 Å². The summed E-state index contributed by atoms with van der Waals surface area (Å²) < 4.78 is 0. The summed E-state index contributed by atoms with van der Waals surface area (Å²) in [6.07, 6.45) is 1.30. The molecule has 0 fully saturated rings. The Balaban J connectivity index is 1.93. The lowest BCUT2D eigenvalue weighted by Crippen LogP contribution is -2.27. The monoisotopic (exact) mass is 303 g/mol. The molecule has 1 aliphatic rings. The first-order valence-electron chi connectivity index (χ1n) is 6.39. The van der Waals surface area contributed by atoms with Crippen molar-refractivity contribution < 1.29 is 9.94 Å². The molecule has 2 aromatic carbocycles. The Morgan fingerprint density at radius 2 is 2.00 bits per heavy atom. The molecule has 6 heteroatoms. The first-order valence-corrected chi connectivity index (χ1v) is 6.77. The van der Waals surface area contributed by atoms with Crippen molar-refractivity contribution >= 4 is 29.3 Å². The minimum absolute atomic E-state index is 0.185. The summed E-state index contributed by atoms with van der Waals surface area (Å²) in [5.41, 5.74) is 2.55. The number of phenolic OH excluding ortho intramolecular Hbond substituents is 1. The van der Waals surface area contributed by atoms with Crippen molar-refractivity contribution in [2.24, 2.45) is 4.99 Å². The quantitative estimate of drug-likeness (QED) is 0.910. The molecular formula is C15H14ClN3O2. The Kier molecular flexibility index (Phi) is 3.68. The van der Waals surface area contributed by atoms with E-state index in [0.717, 1.165) is 16.9 Å². The molecule has 108 valence electrons. The third-order valence-corrected chi connectivity index (χ3v) is 3.46. The molecule has 0 saturated carbocycles. The van der Waals surface area contributed by atoms with Gasteiger partial charge in [0.1, 0.15) is 18.3 Å².